The molecular weight excluding hydrogens is 891 g/mol. The number of fused-ring (bicyclic) bond motifs is 1. The number of amides is 1. The Hall–Kier alpha value is -5.89. The van der Waals surface area contributed by atoms with Crippen molar-refractivity contribution >= 4 is 36.8 Å². The minimum Gasteiger partial charge on any atom is -0.487 e. The topological polar surface area (TPSA) is 125 Å². The van der Waals surface area contributed by atoms with Gasteiger partial charge in [-0.3, -0.25) is 19.8 Å². The number of aromatic amines is 1. The van der Waals surface area contributed by atoms with Crippen LogP contribution in [0.5, 0.6) is 5.75 Å². The lowest BCUT2D eigenvalue weighted by Gasteiger charge is -2.41. The number of unbranched alkanes of at least 4 members (excludes halogenated alkanes) is 2. The van der Waals surface area contributed by atoms with E-state index in [0.717, 1.165) is 105 Å². The lowest BCUT2D eigenvalue weighted by Crippen LogP contribution is -2.44. The first kappa shape index (κ1) is 51.9. The van der Waals surface area contributed by atoms with Crippen LogP contribution in [0.1, 0.15) is 82.1 Å². The number of carbonyl (C=O) groups is 2. The number of benzene rings is 5. The van der Waals surface area contributed by atoms with E-state index >= 15 is 0 Å². The molecule has 3 N–H and O–H groups in total. The minimum atomic E-state index is -2.29. The highest BCUT2D eigenvalue weighted by Gasteiger charge is 2.40. The molecule has 1 aliphatic rings. The summed E-state index contributed by atoms with van der Waals surface area (Å²) in [7, 11) is -2.29. The number of hydrogen-bond acceptors (Lipinski definition) is 9. The Kier molecular flexibility index (Phi) is 18.8. The summed E-state index contributed by atoms with van der Waals surface area (Å²) in [5.41, 5.74) is 6.52. The standard InChI is InChI=1S/C58H73N5O6Si/c1-58(2,3)70(4,5)69-54(50-29-31-53(56-51(50)30-32-55(65)61-56)67-43-45-22-12-7-13-23-45)42-63(41-44-20-10-6-11-21-44)36-19-9-16-26-47(64)40-59-35-39-62-37-33-48(34-38-62)68-57(66)60-52-28-18-17-27-49(52)46-24-14-8-15-25-46/h6-8,10-15,17-18,20-25,27-32,48,54,59H,9,16,19,26,33-43H2,1-5H3,(H,60,66)(H,61,65). The van der Waals surface area contributed by atoms with Gasteiger partial charge in [0, 0.05) is 62.7 Å². The van der Waals surface area contributed by atoms with Gasteiger partial charge in [0.25, 0.3) is 0 Å². The molecule has 0 spiro atoms. The molecule has 370 valence electrons. The number of likely N-dealkylation sites (tertiary alicyclic amines) is 1. The van der Waals surface area contributed by atoms with Crippen LogP contribution in [0.4, 0.5) is 10.5 Å². The molecule has 5 aromatic carbocycles. The van der Waals surface area contributed by atoms with Crippen LogP contribution < -0.4 is 20.9 Å². The van der Waals surface area contributed by atoms with Crippen LogP contribution in [-0.4, -0.2) is 86.9 Å². The molecule has 12 heteroatoms. The first-order valence-corrected chi connectivity index (χ1v) is 28.1. The molecule has 0 aliphatic carbocycles. The normalized spacial score (nSPS) is 14.1. The van der Waals surface area contributed by atoms with Gasteiger partial charge in [-0.05, 0) is 90.8 Å². The lowest BCUT2D eigenvalue weighted by molar-refractivity contribution is -0.118. The summed E-state index contributed by atoms with van der Waals surface area (Å²) in [6, 6.07) is 46.0. The highest BCUT2D eigenvalue weighted by atomic mass is 28.4. The maximum atomic E-state index is 13.0. The van der Waals surface area contributed by atoms with Crippen molar-refractivity contribution < 1.29 is 23.5 Å². The highest BCUT2D eigenvalue weighted by Crippen LogP contribution is 2.42. The van der Waals surface area contributed by atoms with E-state index in [4.69, 9.17) is 13.9 Å². The van der Waals surface area contributed by atoms with Crippen molar-refractivity contribution in [3.8, 4) is 16.9 Å². The number of H-pyrrole nitrogens is 1. The minimum absolute atomic E-state index is 0.0228. The van der Waals surface area contributed by atoms with E-state index in [-0.39, 0.29) is 28.6 Å². The van der Waals surface area contributed by atoms with Crippen LogP contribution in [0.3, 0.4) is 0 Å². The van der Waals surface area contributed by atoms with Crippen LogP contribution in [0, 0.1) is 0 Å². The summed E-state index contributed by atoms with van der Waals surface area (Å²) in [6.07, 6.45) is 4.00. The molecule has 0 radical (unpaired) electrons. The molecule has 1 aliphatic heterocycles. The molecule has 6 aromatic rings. The maximum Gasteiger partial charge on any atom is 0.411 e. The van der Waals surface area contributed by atoms with E-state index in [9.17, 15) is 14.4 Å². The Morgan fingerprint density at radius 1 is 0.800 bits per heavy atom. The first-order chi connectivity index (χ1) is 33.8. The van der Waals surface area contributed by atoms with Gasteiger partial charge in [0.2, 0.25) is 5.56 Å². The van der Waals surface area contributed by atoms with Gasteiger partial charge >= 0.3 is 6.09 Å². The lowest BCUT2D eigenvalue weighted by atomic mass is 10.0. The number of anilines is 1. The van der Waals surface area contributed by atoms with E-state index in [1.807, 2.05) is 103 Å². The largest absolute Gasteiger partial charge is 0.487 e. The number of nitrogens with zero attached hydrogens (tertiary/aromatic N) is 2. The van der Waals surface area contributed by atoms with Gasteiger partial charge in [0.05, 0.1) is 23.9 Å². The number of aromatic nitrogens is 1. The summed E-state index contributed by atoms with van der Waals surface area (Å²) >= 11 is 0. The second-order valence-electron chi connectivity index (χ2n) is 20.1. The summed E-state index contributed by atoms with van der Waals surface area (Å²) in [5.74, 6) is 0.863. The number of piperidine rings is 1. The third kappa shape index (κ3) is 15.3. The van der Waals surface area contributed by atoms with Crippen molar-refractivity contribution in [3.63, 3.8) is 0 Å². The van der Waals surface area contributed by atoms with Crippen LogP contribution in [0.15, 0.2) is 144 Å². The number of ketones is 1. The third-order valence-corrected chi connectivity index (χ3v) is 18.3. The monoisotopic (exact) mass is 964 g/mol. The highest BCUT2D eigenvalue weighted by molar-refractivity contribution is 6.74. The summed E-state index contributed by atoms with van der Waals surface area (Å²) < 4.78 is 19.5. The summed E-state index contributed by atoms with van der Waals surface area (Å²) in [5, 5.41) is 7.23. The number of rotatable bonds is 24. The molecule has 11 nitrogen and oxygen atoms in total. The average molecular weight is 964 g/mol. The number of ether oxygens (including phenoxy) is 2. The number of carbonyl (C=O) groups excluding carboxylic acids is 2. The van der Waals surface area contributed by atoms with E-state index in [0.29, 0.717) is 37.4 Å². The molecule has 1 amide bonds. The molecule has 1 aromatic heterocycles. The Morgan fingerprint density at radius 3 is 2.19 bits per heavy atom. The molecular formula is C58H73N5O6Si. The molecule has 1 saturated heterocycles. The number of hydrogen-bond donors (Lipinski definition) is 3. The fourth-order valence-electron chi connectivity index (χ4n) is 8.82. The van der Waals surface area contributed by atoms with Crippen molar-refractivity contribution in [3.05, 3.63) is 167 Å². The zero-order chi connectivity index (χ0) is 49.4. The van der Waals surface area contributed by atoms with Crippen LogP contribution in [0.25, 0.3) is 22.0 Å². The quantitative estimate of drug-likeness (QED) is 0.0402. The van der Waals surface area contributed by atoms with E-state index < -0.39 is 14.4 Å². The van der Waals surface area contributed by atoms with Crippen LogP contribution >= 0.6 is 0 Å². The predicted molar refractivity (Wildman–Crippen MR) is 286 cm³/mol. The van der Waals surface area contributed by atoms with Gasteiger partial charge < -0.3 is 29.1 Å². The fourth-order valence-corrected chi connectivity index (χ4v) is 10.1. The number of nitrogens with one attached hydrogen (secondary N) is 3. The van der Waals surface area contributed by atoms with Crippen LogP contribution in [0.2, 0.25) is 18.1 Å². The number of para-hydroxylation sites is 1. The first-order valence-electron chi connectivity index (χ1n) is 25.1. The molecule has 0 bridgehead atoms. The maximum absolute atomic E-state index is 13.0. The van der Waals surface area contributed by atoms with Crippen LogP contribution in [-0.2, 0) is 27.1 Å². The van der Waals surface area contributed by atoms with Gasteiger partial charge in [-0.25, -0.2) is 4.79 Å². The fraction of sp³-hybridized carbons (Fsp3) is 0.397. The molecule has 70 heavy (non-hydrogen) atoms. The molecule has 0 saturated carbocycles. The predicted octanol–water partition coefficient (Wildman–Crippen LogP) is 11.8. The number of Topliss-reactive ketones (excluding diaryl/α,β-unsaturated/α-hetero) is 1. The van der Waals surface area contributed by atoms with E-state index in [1.165, 1.54) is 5.56 Å². The van der Waals surface area contributed by atoms with Gasteiger partial charge in [-0.15, -0.1) is 0 Å². The molecule has 1 atom stereocenters. The van der Waals surface area contributed by atoms with Gasteiger partial charge in [0.1, 0.15) is 24.2 Å². The second-order valence-corrected chi connectivity index (χ2v) is 24.9. The molecule has 1 fully saturated rings. The Morgan fingerprint density at radius 2 is 1.47 bits per heavy atom. The Balaban J connectivity index is 0.881. The Bertz CT molecular complexity index is 2630. The van der Waals surface area contributed by atoms with Crippen molar-refractivity contribution in [1.29, 1.82) is 0 Å². The molecule has 1 unspecified atom stereocenters. The summed E-state index contributed by atoms with van der Waals surface area (Å²) in [4.78, 5) is 46.6. The Labute approximate surface area is 416 Å². The van der Waals surface area contributed by atoms with Gasteiger partial charge in [0.15, 0.2) is 8.32 Å². The van der Waals surface area contributed by atoms with Crippen molar-refractivity contribution in [2.24, 2.45) is 0 Å². The smallest absolute Gasteiger partial charge is 0.411 e. The van der Waals surface area contributed by atoms with Crippen molar-refractivity contribution in [1.82, 2.24) is 20.1 Å². The van der Waals surface area contributed by atoms with Crippen molar-refractivity contribution in [2.45, 2.75) is 103 Å². The van der Waals surface area contributed by atoms with E-state index in [1.54, 1.807) is 6.07 Å². The summed E-state index contributed by atoms with van der Waals surface area (Å²) in [6.45, 7) is 17.7. The third-order valence-electron chi connectivity index (χ3n) is 13.8. The average Bonchev–Trinajstić information content (AvgIpc) is 3.35. The second kappa shape index (κ2) is 25.3. The van der Waals surface area contributed by atoms with Crippen molar-refractivity contribution in [2.75, 3.05) is 51.1 Å². The zero-order valence-electron chi connectivity index (χ0n) is 41.9. The molecule has 7 rings (SSSR count). The number of pyridine rings is 1. The molecule has 2 heterocycles. The zero-order valence-corrected chi connectivity index (χ0v) is 42.9. The van der Waals surface area contributed by atoms with E-state index in [2.05, 4.69) is 89.6 Å². The van der Waals surface area contributed by atoms with Gasteiger partial charge in [-0.2, -0.15) is 0 Å². The van der Waals surface area contributed by atoms with Gasteiger partial charge in [-0.1, -0.05) is 142 Å². The SMILES string of the molecule is CC(C)(C)[Si](C)(C)OC(CN(CCCCCC(=O)CNCCN1CCC(OC(=O)Nc2ccccc2-c2ccccc2)CC1)Cc1ccccc1)c1ccc(OCc2ccccc2)c2[nH]c(=O)ccc12.